The number of hydrogen-bond donors (Lipinski definition) is 4. The molecule has 10 nitrogen and oxygen atoms in total. The molecule has 0 saturated carbocycles. The van der Waals surface area contributed by atoms with Crippen LogP contribution in [-0.2, 0) is 23.7 Å². The van der Waals surface area contributed by atoms with Crippen molar-refractivity contribution in [1.82, 2.24) is 34.7 Å². The molecule has 3 heterocycles. The first kappa shape index (κ1) is 30.1. The molecule has 2 aromatic heterocycles. The summed E-state index contributed by atoms with van der Waals surface area (Å²) in [6, 6.07) is 7.25. The molecule has 4 N–H and O–H groups in total. The number of likely N-dealkylation sites (N-methyl/N-ethyl adjacent to an activating group) is 1. The molecule has 3 aromatic rings. The summed E-state index contributed by atoms with van der Waals surface area (Å²) in [5, 5.41) is 23.6. The third-order valence-corrected chi connectivity index (χ3v) is 7.87. The molecule has 0 aliphatic carbocycles. The molecule has 1 aliphatic rings. The van der Waals surface area contributed by atoms with Crippen LogP contribution in [0.4, 0.5) is 24.8 Å². The number of benzene rings is 1. The molecule has 0 bridgehead atoms. The summed E-state index contributed by atoms with van der Waals surface area (Å²) in [6.07, 6.45) is 0.579. The normalized spacial score (nSPS) is 16.3. The monoisotopic (exact) mass is 580 g/mol. The number of rotatable bonds is 11. The van der Waals surface area contributed by atoms with Crippen molar-refractivity contribution in [2.45, 2.75) is 55.9 Å². The molecule has 1 unspecified atom stereocenters. The van der Waals surface area contributed by atoms with Crippen LogP contribution in [0.2, 0.25) is 0 Å². The maximum atomic E-state index is 13.7. The predicted octanol–water partition coefficient (Wildman–Crippen LogP) is 3.17. The smallest absolute Gasteiger partial charge is 0.389 e. The Balaban J connectivity index is 1.44. The van der Waals surface area contributed by atoms with Gasteiger partial charge < -0.3 is 21.1 Å². The highest BCUT2D eigenvalue weighted by Gasteiger charge is 2.36. The van der Waals surface area contributed by atoms with Crippen LogP contribution in [-0.4, -0.2) is 78.2 Å². The van der Waals surface area contributed by atoms with E-state index < -0.39 is 28.3 Å². The van der Waals surface area contributed by atoms with E-state index in [1.807, 2.05) is 11.4 Å². The molecular formula is C26H35F3N8O2S. The van der Waals surface area contributed by atoms with Crippen molar-refractivity contribution in [1.29, 1.82) is 0 Å². The quantitative estimate of drug-likeness (QED) is 0.256. The highest BCUT2D eigenvalue weighted by atomic mass is 32.2. The van der Waals surface area contributed by atoms with E-state index >= 15 is 0 Å². The molecule has 40 heavy (non-hydrogen) atoms. The van der Waals surface area contributed by atoms with E-state index in [0.29, 0.717) is 16.6 Å². The molecule has 1 saturated heterocycles. The highest BCUT2D eigenvalue weighted by molar-refractivity contribution is 7.82. The summed E-state index contributed by atoms with van der Waals surface area (Å²) in [7, 11) is 0.605. The average Bonchev–Trinajstić information content (AvgIpc) is 3.35. The number of nitrogens with one attached hydrogen (secondary N) is 3. The fraction of sp³-hybridized carbons (Fsp3) is 0.500. The van der Waals surface area contributed by atoms with E-state index in [1.165, 1.54) is 17.1 Å². The molecule has 1 aliphatic heterocycles. The van der Waals surface area contributed by atoms with Gasteiger partial charge >= 0.3 is 6.18 Å². The van der Waals surface area contributed by atoms with E-state index in [9.17, 15) is 22.5 Å². The minimum Gasteiger partial charge on any atom is -0.389 e. The van der Waals surface area contributed by atoms with E-state index in [1.54, 1.807) is 38.1 Å². The van der Waals surface area contributed by atoms with Crippen molar-refractivity contribution in [2.75, 3.05) is 38.5 Å². The van der Waals surface area contributed by atoms with Gasteiger partial charge in [-0.3, -0.25) is 4.68 Å². The van der Waals surface area contributed by atoms with Crippen molar-refractivity contribution in [3.63, 3.8) is 0 Å². The lowest BCUT2D eigenvalue weighted by atomic mass is 10.1. The van der Waals surface area contributed by atoms with E-state index in [-0.39, 0.29) is 23.8 Å². The summed E-state index contributed by atoms with van der Waals surface area (Å²) in [4.78, 5) is 8.65. The van der Waals surface area contributed by atoms with Gasteiger partial charge in [0.15, 0.2) is 0 Å². The number of aliphatic hydroxyl groups is 1. The lowest BCUT2D eigenvalue weighted by Crippen LogP contribution is -2.44. The summed E-state index contributed by atoms with van der Waals surface area (Å²) < 4.78 is 57.6. The van der Waals surface area contributed by atoms with Crippen LogP contribution >= 0.6 is 0 Å². The molecule has 1 atom stereocenters. The highest BCUT2D eigenvalue weighted by Crippen LogP contribution is 2.36. The summed E-state index contributed by atoms with van der Waals surface area (Å²) >= 11 is 0. The van der Waals surface area contributed by atoms with Gasteiger partial charge in [-0.2, -0.15) is 18.3 Å². The van der Waals surface area contributed by atoms with Crippen molar-refractivity contribution < 1.29 is 22.5 Å². The zero-order valence-electron chi connectivity index (χ0n) is 22.7. The Morgan fingerprint density at radius 3 is 2.42 bits per heavy atom. The molecule has 1 aromatic carbocycles. The molecule has 14 heteroatoms. The first-order valence-corrected chi connectivity index (χ1v) is 14.1. The minimum absolute atomic E-state index is 0.0278. The lowest BCUT2D eigenvalue weighted by molar-refractivity contribution is -0.137. The molecular weight excluding hydrogens is 545 g/mol. The molecule has 0 amide bonds. The number of piperidine rings is 1. The molecule has 4 rings (SSSR count). The van der Waals surface area contributed by atoms with E-state index in [4.69, 9.17) is 0 Å². The Bertz CT molecular complexity index is 1290. The van der Waals surface area contributed by atoms with Crippen molar-refractivity contribution in [2.24, 2.45) is 0 Å². The van der Waals surface area contributed by atoms with Gasteiger partial charge in [0, 0.05) is 55.9 Å². The standard InChI is InChI=1S/C26H35F3N8O2S/c1-25(2,38)17-36-16-18(14-33-36)23-22(26(27,28)29)15-32-24(35-23)34-20-4-6-21(7-5-20)40(39)37-12-8-19(9-13-37)31-11-10-30-3/h4-7,14-16,19,30-31,38H,8-13,17H2,1-3H3,(H,32,34,35). The SMILES string of the molecule is CNCCNC1CCN(S(=O)c2ccc(Nc3ncc(C(F)(F)F)c(-c4cnn(CC(C)(C)O)c4)n3)cc2)CC1. The van der Waals surface area contributed by atoms with Gasteiger partial charge in [0.1, 0.15) is 16.5 Å². The zero-order valence-corrected chi connectivity index (χ0v) is 23.5. The molecule has 1 fully saturated rings. The van der Waals surface area contributed by atoms with Gasteiger partial charge in [-0.15, -0.1) is 0 Å². The van der Waals surface area contributed by atoms with Crippen LogP contribution < -0.4 is 16.0 Å². The number of hydrogen-bond acceptors (Lipinski definition) is 8. The van der Waals surface area contributed by atoms with E-state index in [2.05, 4.69) is 31.0 Å². The second-order valence-electron chi connectivity index (χ2n) is 10.4. The van der Waals surface area contributed by atoms with Gasteiger partial charge in [0.05, 0.1) is 28.9 Å². The number of halogens is 3. The van der Waals surface area contributed by atoms with Crippen molar-refractivity contribution in [3.8, 4) is 11.3 Å². The topological polar surface area (TPSA) is 120 Å². The zero-order chi connectivity index (χ0) is 28.9. The fourth-order valence-electron chi connectivity index (χ4n) is 4.40. The number of alkyl halides is 3. The fourth-order valence-corrected chi connectivity index (χ4v) is 5.61. The molecule has 218 valence electrons. The third-order valence-electron chi connectivity index (χ3n) is 6.36. The second kappa shape index (κ2) is 12.7. The summed E-state index contributed by atoms with van der Waals surface area (Å²) in [5.41, 5.74) is -1.73. The van der Waals surface area contributed by atoms with Gasteiger partial charge in [-0.25, -0.2) is 18.5 Å². The maximum absolute atomic E-state index is 13.7. The Labute approximate surface area is 234 Å². The predicted molar refractivity (Wildman–Crippen MR) is 147 cm³/mol. The van der Waals surface area contributed by atoms with Gasteiger partial charge in [0.2, 0.25) is 5.95 Å². The van der Waals surface area contributed by atoms with Crippen LogP contribution in [0.5, 0.6) is 0 Å². The molecule has 0 spiro atoms. The summed E-state index contributed by atoms with van der Waals surface area (Å²) in [6.45, 7) is 6.50. The largest absolute Gasteiger partial charge is 0.419 e. The van der Waals surface area contributed by atoms with Crippen LogP contribution in [0.15, 0.2) is 47.8 Å². The lowest BCUT2D eigenvalue weighted by Gasteiger charge is -2.31. The summed E-state index contributed by atoms with van der Waals surface area (Å²) in [5.74, 6) is -0.0278. The van der Waals surface area contributed by atoms with Crippen molar-refractivity contribution in [3.05, 3.63) is 48.4 Å². The van der Waals surface area contributed by atoms with Crippen LogP contribution in [0.25, 0.3) is 11.3 Å². The Hall–Kier alpha value is -2.91. The van der Waals surface area contributed by atoms with Gasteiger partial charge in [-0.1, -0.05) is 0 Å². The first-order chi connectivity index (χ1) is 18.9. The van der Waals surface area contributed by atoms with Gasteiger partial charge in [0.25, 0.3) is 0 Å². The van der Waals surface area contributed by atoms with E-state index in [0.717, 1.165) is 45.2 Å². The van der Waals surface area contributed by atoms with Crippen molar-refractivity contribution >= 4 is 22.6 Å². The number of aromatic nitrogens is 4. The minimum atomic E-state index is -4.67. The third kappa shape index (κ3) is 8.07. The van der Waals surface area contributed by atoms with Crippen LogP contribution in [0.1, 0.15) is 32.3 Å². The Kier molecular flexibility index (Phi) is 9.56. The molecule has 0 radical (unpaired) electrons. The Morgan fingerprint density at radius 1 is 1.10 bits per heavy atom. The number of anilines is 2. The maximum Gasteiger partial charge on any atom is 0.419 e. The van der Waals surface area contributed by atoms with Crippen LogP contribution in [0, 0.1) is 0 Å². The second-order valence-corrected chi connectivity index (χ2v) is 11.8. The number of nitrogens with zero attached hydrogens (tertiary/aromatic N) is 5. The van der Waals surface area contributed by atoms with Gasteiger partial charge in [-0.05, 0) is 58.0 Å². The first-order valence-electron chi connectivity index (χ1n) is 13.0. The van der Waals surface area contributed by atoms with Crippen LogP contribution in [0.3, 0.4) is 0 Å². The average molecular weight is 581 g/mol. The Morgan fingerprint density at radius 2 is 1.80 bits per heavy atom.